The normalized spacial score (nSPS) is 33.7. The Bertz CT molecular complexity index is 1150. The van der Waals surface area contributed by atoms with Crippen molar-refractivity contribution in [3.05, 3.63) is 40.3 Å². The lowest BCUT2D eigenvalue weighted by Crippen LogP contribution is -2.58. The van der Waals surface area contributed by atoms with E-state index < -0.39 is 11.9 Å². The molecule has 0 radical (unpaired) electrons. The highest BCUT2D eigenvalue weighted by atomic mass is 16.4. The monoisotopic (exact) mass is 491 g/mol. The van der Waals surface area contributed by atoms with Gasteiger partial charge >= 0.3 is 5.97 Å². The van der Waals surface area contributed by atoms with Crippen molar-refractivity contribution in [3.63, 3.8) is 0 Å². The molecule has 5 unspecified atom stereocenters. The number of nitrogens with zero attached hydrogens (tertiary/aromatic N) is 3. The van der Waals surface area contributed by atoms with Crippen molar-refractivity contribution in [2.45, 2.75) is 120 Å². The predicted molar refractivity (Wildman–Crippen MR) is 141 cm³/mol. The SMILES string of the molecule is CCC(C(=O)O)c1nc2ccccc2n(C2CC3CCC[C@H](C2)N3C2CC3CCCCC(C3)C2)c1=O. The fourth-order valence-corrected chi connectivity index (χ4v) is 8.55. The lowest BCUT2D eigenvalue weighted by Gasteiger charge is -2.54. The van der Waals surface area contributed by atoms with E-state index in [1.54, 1.807) is 0 Å². The third kappa shape index (κ3) is 4.29. The lowest BCUT2D eigenvalue weighted by atomic mass is 9.73. The average Bonchev–Trinajstić information content (AvgIpc) is 3.03. The Morgan fingerprint density at radius 1 is 0.917 bits per heavy atom. The van der Waals surface area contributed by atoms with Crippen LogP contribution in [0.2, 0.25) is 0 Å². The fourth-order valence-electron chi connectivity index (χ4n) is 8.55. The molecule has 1 aromatic carbocycles. The van der Waals surface area contributed by atoms with Gasteiger partial charge in [-0.2, -0.15) is 0 Å². The molecule has 6 atom stereocenters. The van der Waals surface area contributed by atoms with Crippen molar-refractivity contribution in [1.82, 2.24) is 14.5 Å². The summed E-state index contributed by atoms with van der Waals surface area (Å²) in [5, 5.41) is 9.83. The predicted octanol–water partition coefficient (Wildman–Crippen LogP) is 5.89. The zero-order valence-electron chi connectivity index (χ0n) is 21.6. The van der Waals surface area contributed by atoms with Crippen molar-refractivity contribution >= 4 is 17.0 Å². The van der Waals surface area contributed by atoms with Crippen molar-refractivity contribution < 1.29 is 9.90 Å². The van der Waals surface area contributed by atoms with E-state index >= 15 is 0 Å². The molecule has 0 spiro atoms. The first-order valence-electron chi connectivity index (χ1n) is 14.5. The molecule has 6 rings (SSSR count). The van der Waals surface area contributed by atoms with Crippen LogP contribution in [0.15, 0.2) is 29.1 Å². The molecule has 6 heteroatoms. The molecule has 2 aliphatic carbocycles. The zero-order valence-corrected chi connectivity index (χ0v) is 21.6. The van der Waals surface area contributed by atoms with Gasteiger partial charge in [0.1, 0.15) is 11.6 Å². The molecule has 2 saturated carbocycles. The molecule has 4 fully saturated rings. The van der Waals surface area contributed by atoms with Crippen LogP contribution in [-0.4, -0.2) is 43.7 Å². The Kier molecular flexibility index (Phi) is 6.65. The molecule has 6 nitrogen and oxygen atoms in total. The van der Waals surface area contributed by atoms with Crippen molar-refractivity contribution in [2.24, 2.45) is 11.8 Å². The molecule has 4 aliphatic rings. The molecule has 1 N–H and O–H groups in total. The minimum absolute atomic E-state index is 0.105. The molecule has 36 heavy (non-hydrogen) atoms. The van der Waals surface area contributed by atoms with Gasteiger partial charge in [-0.1, -0.05) is 51.2 Å². The number of aliphatic carboxylic acids is 1. The summed E-state index contributed by atoms with van der Waals surface area (Å²) in [6.07, 6.45) is 15.9. The summed E-state index contributed by atoms with van der Waals surface area (Å²) in [6.45, 7) is 1.82. The first kappa shape index (κ1) is 24.1. The van der Waals surface area contributed by atoms with E-state index in [-0.39, 0.29) is 17.3 Å². The number of rotatable bonds is 5. The van der Waals surface area contributed by atoms with E-state index in [1.165, 1.54) is 64.2 Å². The van der Waals surface area contributed by atoms with Crippen LogP contribution < -0.4 is 5.56 Å². The van der Waals surface area contributed by atoms with Crippen molar-refractivity contribution in [2.75, 3.05) is 0 Å². The van der Waals surface area contributed by atoms with Crippen molar-refractivity contribution in [1.29, 1.82) is 0 Å². The number of piperidine rings is 2. The van der Waals surface area contributed by atoms with Crippen LogP contribution in [0.1, 0.15) is 108 Å². The van der Waals surface area contributed by atoms with Crippen LogP contribution in [-0.2, 0) is 4.79 Å². The number of carboxylic acids is 1. The lowest BCUT2D eigenvalue weighted by molar-refractivity contribution is -0.139. The topological polar surface area (TPSA) is 75.4 Å². The zero-order chi connectivity index (χ0) is 24.8. The van der Waals surface area contributed by atoms with Gasteiger partial charge in [0.05, 0.1) is 11.0 Å². The van der Waals surface area contributed by atoms with Gasteiger partial charge < -0.3 is 9.67 Å². The maximum atomic E-state index is 13.9. The molecule has 2 aliphatic heterocycles. The van der Waals surface area contributed by atoms with Crippen LogP contribution >= 0.6 is 0 Å². The quantitative estimate of drug-likeness (QED) is 0.564. The number of benzene rings is 1. The van der Waals surface area contributed by atoms with E-state index in [1.807, 2.05) is 35.8 Å². The highest BCUT2D eigenvalue weighted by Gasteiger charge is 2.45. The van der Waals surface area contributed by atoms with Crippen LogP contribution in [0, 0.1) is 11.8 Å². The van der Waals surface area contributed by atoms with Gasteiger partial charge in [0.15, 0.2) is 0 Å². The minimum atomic E-state index is -0.964. The maximum absolute atomic E-state index is 13.9. The molecule has 194 valence electrons. The number of hydrogen-bond acceptors (Lipinski definition) is 4. The highest BCUT2D eigenvalue weighted by Crippen LogP contribution is 2.47. The standard InChI is InChI=1S/C30H41N3O3/c1-2-25(30(35)36)28-29(34)33(27-13-6-5-12-26(27)31-28)24-17-21-10-7-11-22(18-24)32(21)23-15-19-8-3-4-9-20(14-19)16-23/h5-6,12-13,19-25H,2-4,7-11,14-18H2,1H3,(H,35,36)/t19?,20?,21-,22?,23?,24?,25?/m1/s1. The van der Waals surface area contributed by atoms with Crippen LogP contribution in [0.25, 0.3) is 11.0 Å². The Morgan fingerprint density at radius 3 is 2.22 bits per heavy atom. The summed E-state index contributed by atoms with van der Waals surface area (Å²) in [7, 11) is 0. The van der Waals surface area contributed by atoms with Gasteiger partial charge in [0.2, 0.25) is 0 Å². The first-order chi connectivity index (χ1) is 17.5. The second-order valence-corrected chi connectivity index (χ2v) is 12.1. The summed E-state index contributed by atoms with van der Waals surface area (Å²) < 4.78 is 1.95. The maximum Gasteiger partial charge on any atom is 0.312 e. The van der Waals surface area contributed by atoms with E-state index in [2.05, 4.69) is 9.88 Å². The highest BCUT2D eigenvalue weighted by molar-refractivity contribution is 5.78. The second kappa shape index (κ2) is 9.92. The summed E-state index contributed by atoms with van der Waals surface area (Å²) in [6, 6.07) is 9.66. The number of carbonyl (C=O) groups is 1. The third-order valence-electron chi connectivity index (χ3n) is 10.0. The van der Waals surface area contributed by atoms with Crippen LogP contribution in [0.4, 0.5) is 0 Å². The largest absolute Gasteiger partial charge is 0.481 e. The average molecular weight is 492 g/mol. The van der Waals surface area contributed by atoms with E-state index in [0.29, 0.717) is 24.5 Å². The van der Waals surface area contributed by atoms with Gasteiger partial charge in [-0.25, -0.2) is 4.98 Å². The second-order valence-electron chi connectivity index (χ2n) is 12.1. The number of aromatic nitrogens is 2. The fraction of sp³-hybridized carbons (Fsp3) is 0.700. The van der Waals surface area contributed by atoms with Gasteiger partial charge in [0.25, 0.3) is 5.56 Å². The van der Waals surface area contributed by atoms with Crippen LogP contribution in [0.5, 0.6) is 0 Å². The van der Waals surface area contributed by atoms with Gasteiger partial charge in [-0.3, -0.25) is 14.5 Å². The Morgan fingerprint density at radius 2 is 1.58 bits per heavy atom. The number of para-hydroxylation sites is 2. The van der Waals surface area contributed by atoms with E-state index in [9.17, 15) is 14.7 Å². The smallest absolute Gasteiger partial charge is 0.312 e. The molecule has 1 aromatic heterocycles. The van der Waals surface area contributed by atoms with Crippen molar-refractivity contribution in [3.8, 4) is 0 Å². The summed E-state index contributed by atoms with van der Waals surface area (Å²) in [4.78, 5) is 33.4. The van der Waals surface area contributed by atoms with E-state index in [0.717, 1.165) is 35.7 Å². The van der Waals surface area contributed by atoms with E-state index in [4.69, 9.17) is 0 Å². The summed E-state index contributed by atoms with van der Waals surface area (Å²) in [5.41, 5.74) is 1.60. The Labute approximate surface area is 214 Å². The third-order valence-corrected chi connectivity index (χ3v) is 10.0. The molecular formula is C30H41N3O3. The molecule has 2 aromatic rings. The minimum Gasteiger partial charge on any atom is -0.481 e. The molecular weight excluding hydrogens is 450 g/mol. The number of hydrogen-bond donors (Lipinski definition) is 1. The summed E-state index contributed by atoms with van der Waals surface area (Å²) in [5.74, 6) is -0.00931. The molecule has 0 amide bonds. The Balaban J connectivity index is 1.35. The first-order valence-corrected chi connectivity index (χ1v) is 14.5. The molecule has 2 saturated heterocycles. The number of carboxylic acid groups (broad SMARTS) is 1. The molecule has 3 heterocycles. The van der Waals surface area contributed by atoms with Crippen LogP contribution in [0.3, 0.4) is 0 Å². The summed E-state index contributed by atoms with van der Waals surface area (Å²) >= 11 is 0. The number of fused-ring (bicyclic) bond motifs is 5. The van der Waals surface area contributed by atoms with Gasteiger partial charge in [-0.15, -0.1) is 0 Å². The van der Waals surface area contributed by atoms with Gasteiger partial charge in [-0.05, 0) is 75.3 Å². The van der Waals surface area contributed by atoms with Gasteiger partial charge in [0, 0.05) is 24.2 Å². The Hall–Kier alpha value is -2.21. The molecule has 4 bridgehead atoms.